The molecule has 1 aliphatic carbocycles. The van der Waals surface area contributed by atoms with E-state index in [-0.39, 0.29) is 11.8 Å². The molecule has 0 spiro atoms. The lowest BCUT2D eigenvalue weighted by molar-refractivity contribution is -0.135. The topological polar surface area (TPSA) is 66.6 Å². The number of halogens is 2. The summed E-state index contributed by atoms with van der Waals surface area (Å²) in [6.45, 7) is 1.99. The van der Waals surface area contributed by atoms with Gasteiger partial charge in [-0.15, -0.1) is 0 Å². The maximum absolute atomic E-state index is 12.5. The Morgan fingerprint density at radius 2 is 1.64 bits per heavy atom. The summed E-state index contributed by atoms with van der Waals surface area (Å²) in [6.07, 6.45) is 1.51. The summed E-state index contributed by atoms with van der Waals surface area (Å²) in [7, 11) is 0. The Hall–Kier alpha value is -1.30. The first-order chi connectivity index (χ1) is 10.4. The van der Waals surface area contributed by atoms with Crippen molar-refractivity contribution in [2.75, 3.05) is 26.2 Å². The predicted molar refractivity (Wildman–Crippen MR) is 85.1 cm³/mol. The van der Waals surface area contributed by atoms with Crippen LogP contribution in [0.15, 0.2) is 18.2 Å². The normalized spacial score (nSPS) is 20.0. The number of piperazine rings is 1. The second kappa shape index (κ2) is 5.72. The van der Waals surface area contributed by atoms with Crippen LogP contribution in [0.25, 0.3) is 0 Å². The highest BCUT2D eigenvalue weighted by Gasteiger charge is 2.48. The van der Waals surface area contributed by atoms with E-state index in [4.69, 9.17) is 28.9 Å². The number of hydrogen-bond acceptors (Lipinski definition) is 3. The second-order valence-electron chi connectivity index (χ2n) is 5.86. The molecule has 0 aromatic heterocycles. The molecule has 1 saturated carbocycles. The monoisotopic (exact) mass is 341 g/mol. The van der Waals surface area contributed by atoms with Crippen LogP contribution in [-0.4, -0.2) is 53.3 Å². The lowest BCUT2D eigenvalue weighted by Crippen LogP contribution is -2.55. The number of rotatable bonds is 2. The summed E-state index contributed by atoms with van der Waals surface area (Å²) >= 11 is 11.9. The molecule has 1 aromatic rings. The van der Waals surface area contributed by atoms with Gasteiger partial charge in [0.15, 0.2) is 0 Å². The van der Waals surface area contributed by atoms with Gasteiger partial charge in [0.2, 0.25) is 5.91 Å². The van der Waals surface area contributed by atoms with E-state index in [0.717, 1.165) is 12.8 Å². The van der Waals surface area contributed by atoms with Crippen molar-refractivity contribution < 1.29 is 9.59 Å². The number of carbonyl (C=O) groups is 2. The zero-order valence-electron chi connectivity index (χ0n) is 12.0. The first-order valence-corrected chi connectivity index (χ1v) is 7.99. The zero-order valence-corrected chi connectivity index (χ0v) is 13.5. The van der Waals surface area contributed by atoms with Crippen LogP contribution in [0.5, 0.6) is 0 Å². The van der Waals surface area contributed by atoms with E-state index in [1.54, 1.807) is 28.0 Å². The number of benzene rings is 1. The highest BCUT2D eigenvalue weighted by molar-refractivity contribution is 6.36. The van der Waals surface area contributed by atoms with E-state index in [1.807, 2.05) is 0 Å². The summed E-state index contributed by atoms with van der Waals surface area (Å²) in [5, 5.41) is 0.838. The molecule has 2 fully saturated rings. The third-order valence-corrected chi connectivity index (χ3v) is 4.78. The van der Waals surface area contributed by atoms with Crippen molar-refractivity contribution in [3.63, 3.8) is 0 Å². The minimum atomic E-state index is -0.647. The Balaban J connectivity index is 1.63. The average molecular weight is 342 g/mol. The lowest BCUT2D eigenvalue weighted by Gasteiger charge is -2.36. The van der Waals surface area contributed by atoms with Crippen LogP contribution in [0.3, 0.4) is 0 Å². The van der Waals surface area contributed by atoms with Crippen molar-refractivity contribution in [1.29, 1.82) is 0 Å². The zero-order chi connectivity index (χ0) is 15.9. The molecule has 2 aliphatic rings. The van der Waals surface area contributed by atoms with E-state index in [1.165, 1.54) is 0 Å². The van der Waals surface area contributed by atoms with Crippen LogP contribution >= 0.6 is 23.2 Å². The van der Waals surface area contributed by atoms with Crippen molar-refractivity contribution in [3.05, 3.63) is 33.8 Å². The Morgan fingerprint density at radius 1 is 1.05 bits per heavy atom. The van der Waals surface area contributed by atoms with Crippen LogP contribution < -0.4 is 5.73 Å². The molecule has 5 nitrogen and oxygen atoms in total. The number of amides is 2. The summed E-state index contributed by atoms with van der Waals surface area (Å²) in [6, 6.07) is 4.83. The van der Waals surface area contributed by atoms with Gasteiger partial charge < -0.3 is 15.5 Å². The highest BCUT2D eigenvalue weighted by atomic mass is 35.5. The van der Waals surface area contributed by atoms with Gasteiger partial charge in [-0.2, -0.15) is 0 Å². The van der Waals surface area contributed by atoms with Crippen molar-refractivity contribution in [2.45, 2.75) is 18.4 Å². The average Bonchev–Trinajstić information content (AvgIpc) is 3.25. The van der Waals surface area contributed by atoms with Gasteiger partial charge in [0.1, 0.15) is 0 Å². The lowest BCUT2D eigenvalue weighted by atomic mass is 10.1. The Kier molecular flexibility index (Phi) is 4.05. The molecule has 2 N–H and O–H groups in total. The Bertz CT molecular complexity index is 623. The summed E-state index contributed by atoms with van der Waals surface area (Å²) in [5.74, 6) is -0.133. The van der Waals surface area contributed by atoms with Gasteiger partial charge in [-0.25, -0.2) is 0 Å². The van der Waals surface area contributed by atoms with Crippen LogP contribution in [-0.2, 0) is 4.79 Å². The SMILES string of the molecule is NC1(C(=O)N2CCN(C(=O)c3ccc(Cl)cc3Cl)CC2)CC1. The molecule has 7 heteroatoms. The van der Waals surface area contributed by atoms with Gasteiger partial charge in [0.25, 0.3) is 5.91 Å². The van der Waals surface area contributed by atoms with Crippen molar-refractivity contribution in [1.82, 2.24) is 9.80 Å². The molecule has 0 radical (unpaired) electrons. The minimum absolute atomic E-state index is 0.00382. The fourth-order valence-corrected chi connectivity index (χ4v) is 3.10. The van der Waals surface area contributed by atoms with Crippen LogP contribution in [0.4, 0.5) is 0 Å². The standard InChI is InChI=1S/C15H17Cl2N3O2/c16-10-1-2-11(12(17)9-10)13(21)19-5-7-20(8-6-19)14(22)15(18)3-4-15/h1-2,9H,3-8,18H2. The van der Waals surface area contributed by atoms with Gasteiger partial charge in [0, 0.05) is 31.2 Å². The molecular formula is C15H17Cl2N3O2. The summed E-state index contributed by atoms with van der Waals surface area (Å²) < 4.78 is 0. The molecule has 2 amide bonds. The van der Waals surface area contributed by atoms with Crippen LogP contribution in [0.2, 0.25) is 10.0 Å². The fourth-order valence-electron chi connectivity index (χ4n) is 2.61. The van der Waals surface area contributed by atoms with E-state index < -0.39 is 5.54 Å². The van der Waals surface area contributed by atoms with Gasteiger partial charge in [-0.3, -0.25) is 9.59 Å². The van der Waals surface area contributed by atoms with Crippen molar-refractivity contribution in [3.8, 4) is 0 Å². The van der Waals surface area contributed by atoms with Gasteiger partial charge >= 0.3 is 0 Å². The third kappa shape index (κ3) is 2.93. The van der Waals surface area contributed by atoms with Crippen LogP contribution in [0, 0.1) is 0 Å². The van der Waals surface area contributed by atoms with Crippen LogP contribution in [0.1, 0.15) is 23.2 Å². The molecule has 1 aromatic carbocycles. The largest absolute Gasteiger partial charge is 0.338 e. The second-order valence-corrected chi connectivity index (χ2v) is 6.71. The summed E-state index contributed by atoms with van der Waals surface area (Å²) in [4.78, 5) is 28.1. The van der Waals surface area contributed by atoms with E-state index in [9.17, 15) is 9.59 Å². The van der Waals surface area contributed by atoms with E-state index >= 15 is 0 Å². The molecule has 1 aliphatic heterocycles. The molecule has 22 heavy (non-hydrogen) atoms. The fraction of sp³-hybridized carbons (Fsp3) is 0.467. The van der Waals surface area contributed by atoms with E-state index in [0.29, 0.717) is 41.8 Å². The van der Waals surface area contributed by atoms with Gasteiger partial charge in [-0.1, -0.05) is 23.2 Å². The molecular weight excluding hydrogens is 325 g/mol. The van der Waals surface area contributed by atoms with Gasteiger partial charge in [-0.05, 0) is 31.0 Å². The molecule has 1 heterocycles. The minimum Gasteiger partial charge on any atom is -0.338 e. The quantitative estimate of drug-likeness (QED) is 0.891. The Morgan fingerprint density at radius 3 is 2.18 bits per heavy atom. The molecule has 118 valence electrons. The molecule has 0 atom stereocenters. The van der Waals surface area contributed by atoms with Crippen molar-refractivity contribution >= 4 is 35.0 Å². The first-order valence-electron chi connectivity index (χ1n) is 7.23. The summed E-state index contributed by atoms with van der Waals surface area (Å²) in [5.41, 5.74) is 5.73. The first kappa shape index (κ1) is 15.6. The molecule has 3 rings (SSSR count). The van der Waals surface area contributed by atoms with Crippen molar-refractivity contribution in [2.24, 2.45) is 5.73 Å². The van der Waals surface area contributed by atoms with Gasteiger partial charge in [0.05, 0.1) is 16.1 Å². The smallest absolute Gasteiger partial charge is 0.255 e. The Labute approximate surface area is 138 Å². The maximum atomic E-state index is 12.5. The number of nitrogens with two attached hydrogens (primary N) is 1. The third-order valence-electron chi connectivity index (χ3n) is 4.23. The number of nitrogens with zero attached hydrogens (tertiary/aromatic N) is 2. The maximum Gasteiger partial charge on any atom is 0.255 e. The molecule has 0 bridgehead atoms. The van der Waals surface area contributed by atoms with E-state index in [2.05, 4.69) is 0 Å². The highest BCUT2D eigenvalue weighted by Crippen LogP contribution is 2.34. The number of carbonyl (C=O) groups excluding carboxylic acids is 2. The predicted octanol–water partition coefficient (Wildman–Crippen LogP) is 1.77. The molecule has 1 saturated heterocycles. The molecule has 0 unspecified atom stereocenters. The number of hydrogen-bond donors (Lipinski definition) is 1.